The van der Waals surface area contributed by atoms with Gasteiger partial charge in [-0.05, 0) is 64.8 Å². The molecule has 0 heteroatoms. The van der Waals surface area contributed by atoms with Gasteiger partial charge in [-0.1, -0.05) is 86.0 Å². The van der Waals surface area contributed by atoms with E-state index in [-0.39, 0.29) is 0 Å². The summed E-state index contributed by atoms with van der Waals surface area (Å²) in [5.41, 5.74) is 8.79. The molecule has 3 aromatic carbocycles. The summed E-state index contributed by atoms with van der Waals surface area (Å²) < 4.78 is 0. The number of rotatable bonds is 5. The Hall–Kier alpha value is -2.34. The van der Waals surface area contributed by atoms with Crippen LogP contribution in [-0.2, 0) is 6.42 Å². The Bertz CT molecular complexity index is 938. The average Bonchev–Trinajstić information content (AvgIpc) is 3.07. The van der Waals surface area contributed by atoms with Crippen molar-refractivity contribution in [1.29, 1.82) is 0 Å². The van der Waals surface area contributed by atoms with Crippen LogP contribution in [0.3, 0.4) is 0 Å². The number of hydrogen-bond donors (Lipinski definition) is 0. The van der Waals surface area contributed by atoms with Crippen molar-refractivity contribution in [3.63, 3.8) is 0 Å². The number of unbranched alkanes of at least 4 members (excludes halogenated alkanes) is 2. The van der Waals surface area contributed by atoms with Gasteiger partial charge in [-0.25, -0.2) is 0 Å². The molecule has 0 spiro atoms. The molecule has 0 saturated heterocycles. The first-order chi connectivity index (χ1) is 12.3. The highest BCUT2D eigenvalue weighted by molar-refractivity contribution is 5.99. The van der Waals surface area contributed by atoms with Crippen LogP contribution < -0.4 is 0 Å². The monoisotopic (exact) mass is 326 g/mol. The zero-order valence-electron chi connectivity index (χ0n) is 15.3. The molecule has 0 aliphatic heterocycles. The van der Waals surface area contributed by atoms with Crippen molar-refractivity contribution in [3.05, 3.63) is 76.9 Å². The van der Waals surface area contributed by atoms with E-state index in [0.29, 0.717) is 0 Å². The molecule has 0 N–H and O–H groups in total. The minimum absolute atomic E-state index is 1.14. The first-order valence-electron chi connectivity index (χ1n) is 9.58. The quantitative estimate of drug-likeness (QED) is 0.430. The van der Waals surface area contributed by atoms with Crippen LogP contribution in [0.15, 0.2) is 60.2 Å². The molecule has 1 aliphatic carbocycles. The molecule has 126 valence electrons. The number of aryl methyl sites for hydroxylation is 1. The Morgan fingerprint density at radius 1 is 0.840 bits per heavy atom. The minimum atomic E-state index is 1.14. The molecule has 0 amide bonds. The second kappa shape index (κ2) is 6.88. The molecular formula is C25H26. The SMILES string of the molecule is CCCCCC1=Cc2c(-c3cccc4ccccc34)ccc(C)c2C1. The van der Waals surface area contributed by atoms with Crippen molar-refractivity contribution in [1.82, 2.24) is 0 Å². The minimum Gasteiger partial charge on any atom is -0.0654 e. The number of hydrogen-bond acceptors (Lipinski definition) is 0. The Labute approximate surface area is 151 Å². The van der Waals surface area contributed by atoms with Crippen molar-refractivity contribution < 1.29 is 0 Å². The molecule has 25 heavy (non-hydrogen) atoms. The van der Waals surface area contributed by atoms with Crippen molar-refractivity contribution >= 4 is 16.8 Å². The van der Waals surface area contributed by atoms with Gasteiger partial charge in [0.1, 0.15) is 0 Å². The molecule has 0 bridgehead atoms. The Balaban J connectivity index is 1.81. The number of fused-ring (bicyclic) bond motifs is 2. The van der Waals surface area contributed by atoms with E-state index in [4.69, 9.17) is 0 Å². The van der Waals surface area contributed by atoms with Gasteiger partial charge in [0, 0.05) is 0 Å². The summed E-state index contributed by atoms with van der Waals surface area (Å²) in [5.74, 6) is 0. The summed E-state index contributed by atoms with van der Waals surface area (Å²) in [5, 5.41) is 2.67. The third-order valence-electron chi connectivity index (χ3n) is 5.52. The van der Waals surface area contributed by atoms with Crippen LogP contribution in [0.1, 0.15) is 49.3 Å². The van der Waals surface area contributed by atoms with Crippen molar-refractivity contribution in [2.45, 2.75) is 46.0 Å². The van der Waals surface area contributed by atoms with Gasteiger partial charge in [-0.2, -0.15) is 0 Å². The van der Waals surface area contributed by atoms with E-state index < -0.39 is 0 Å². The van der Waals surface area contributed by atoms with E-state index in [2.05, 4.69) is 74.5 Å². The van der Waals surface area contributed by atoms with Gasteiger partial charge >= 0.3 is 0 Å². The fourth-order valence-electron chi connectivity index (χ4n) is 4.11. The largest absolute Gasteiger partial charge is 0.0654 e. The van der Waals surface area contributed by atoms with Crippen molar-refractivity contribution in [3.8, 4) is 11.1 Å². The van der Waals surface area contributed by atoms with Crippen LogP contribution in [0, 0.1) is 6.92 Å². The fourth-order valence-corrected chi connectivity index (χ4v) is 4.11. The zero-order valence-corrected chi connectivity index (χ0v) is 15.3. The van der Waals surface area contributed by atoms with Crippen LogP contribution in [0.25, 0.3) is 28.0 Å². The Morgan fingerprint density at radius 2 is 1.68 bits per heavy atom. The topological polar surface area (TPSA) is 0 Å². The van der Waals surface area contributed by atoms with Gasteiger partial charge in [-0.15, -0.1) is 0 Å². The summed E-state index contributed by atoms with van der Waals surface area (Å²) in [6.45, 7) is 4.54. The third-order valence-corrected chi connectivity index (χ3v) is 5.52. The lowest BCUT2D eigenvalue weighted by atomic mass is 9.91. The molecule has 0 nitrogen and oxygen atoms in total. The summed E-state index contributed by atoms with van der Waals surface area (Å²) in [4.78, 5) is 0. The predicted molar refractivity (Wildman–Crippen MR) is 110 cm³/mol. The molecule has 1 aliphatic rings. The molecule has 0 radical (unpaired) electrons. The van der Waals surface area contributed by atoms with Crippen molar-refractivity contribution in [2.24, 2.45) is 0 Å². The number of allylic oxidation sites excluding steroid dienone is 1. The second-order valence-electron chi connectivity index (χ2n) is 7.29. The third kappa shape index (κ3) is 3.02. The Morgan fingerprint density at radius 3 is 2.56 bits per heavy atom. The summed E-state index contributed by atoms with van der Waals surface area (Å²) >= 11 is 0. The van der Waals surface area contributed by atoms with E-state index in [1.165, 1.54) is 64.3 Å². The molecule has 0 aromatic heterocycles. The van der Waals surface area contributed by atoms with Crippen LogP contribution in [0.4, 0.5) is 0 Å². The molecule has 0 saturated carbocycles. The molecule has 4 rings (SSSR count). The molecular weight excluding hydrogens is 300 g/mol. The Kier molecular flexibility index (Phi) is 4.44. The van der Waals surface area contributed by atoms with E-state index in [0.717, 1.165) is 6.42 Å². The van der Waals surface area contributed by atoms with Gasteiger partial charge < -0.3 is 0 Å². The predicted octanol–water partition coefficient (Wildman–Crippen LogP) is 7.34. The molecule has 0 atom stereocenters. The number of benzene rings is 3. The molecule has 3 aromatic rings. The molecule has 0 unspecified atom stereocenters. The lowest BCUT2D eigenvalue weighted by molar-refractivity contribution is 0.709. The zero-order chi connectivity index (χ0) is 17.2. The smallest absolute Gasteiger partial charge is 0.00550 e. The van der Waals surface area contributed by atoms with Gasteiger partial charge in [0.15, 0.2) is 0 Å². The van der Waals surface area contributed by atoms with Gasteiger partial charge in [0.05, 0.1) is 0 Å². The average molecular weight is 326 g/mol. The first kappa shape index (κ1) is 16.1. The highest BCUT2D eigenvalue weighted by atomic mass is 14.2. The van der Waals surface area contributed by atoms with Gasteiger partial charge in [-0.3, -0.25) is 0 Å². The fraction of sp³-hybridized carbons (Fsp3) is 0.280. The van der Waals surface area contributed by atoms with Crippen molar-refractivity contribution in [2.75, 3.05) is 0 Å². The first-order valence-corrected chi connectivity index (χ1v) is 9.58. The highest BCUT2D eigenvalue weighted by Gasteiger charge is 2.19. The summed E-state index contributed by atoms with van der Waals surface area (Å²) in [6.07, 6.45) is 8.82. The summed E-state index contributed by atoms with van der Waals surface area (Å²) in [7, 11) is 0. The molecule has 0 heterocycles. The molecule has 0 fully saturated rings. The van der Waals surface area contributed by atoms with Crippen LogP contribution in [0.5, 0.6) is 0 Å². The lowest BCUT2D eigenvalue weighted by Gasteiger charge is -2.13. The van der Waals surface area contributed by atoms with Gasteiger partial charge in [0.25, 0.3) is 0 Å². The maximum Gasteiger partial charge on any atom is -0.00550 e. The maximum absolute atomic E-state index is 2.48. The van der Waals surface area contributed by atoms with Crippen LogP contribution >= 0.6 is 0 Å². The standard InChI is InChI=1S/C25H26/c1-3-4-5-9-19-16-24-18(2)14-15-23(25(24)17-19)22-13-8-11-20-10-6-7-12-21(20)22/h6-8,10-15,17H,3-5,9,16H2,1-2H3. The normalized spacial score (nSPS) is 13.1. The van der Waals surface area contributed by atoms with E-state index in [1.54, 1.807) is 5.57 Å². The van der Waals surface area contributed by atoms with Gasteiger partial charge in [0.2, 0.25) is 0 Å². The van der Waals surface area contributed by atoms with Crippen LogP contribution in [0.2, 0.25) is 0 Å². The van der Waals surface area contributed by atoms with E-state index in [1.807, 2.05) is 0 Å². The summed E-state index contributed by atoms with van der Waals surface area (Å²) in [6, 6.07) is 20.0. The second-order valence-corrected chi connectivity index (χ2v) is 7.29. The highest BCUT2D eigenvalue weighted by Crippen LogP contribution is 2.39. The lowest BCUT2D eigenvalue weighted by Crippen LogP contribution is -1.93. The van der Waals surface area contributed by atoms with Crippen LogP contribution in [-0.4, -0.2) is 0 Å². The maximum atomic E-state index is 2.48. The van der Waals surface area contributed by atoms with E-state index in [9.17, 15) is 0 Å². The van der Waals surface area contributed by atoms with E-state index >= 15 is 0 Å².